The number of rotatable bonds is 2. The van der Waals surface area contributed by atoms with E-state index in [0.29, 0.717) is 35.5 Å². The second-order valence-corrected chi connectivity index (χ2v) is 6.52. The standard InChI is InChI=1S/C20H20N4O2/c1-13-6-3-4-7-18(13)24-14(2)22-17-9-8-15(12-16(17)19(24)25)23-11-5-10-21-20(23)26/h3-4,6-9,12H,5,10-11H2,1-2H3,(H,21,26). The lowest BCUT2D eigenvalue weighted by molar-refractivity contribution is 0.243. The number of hydrogen-bond donors (Lipinski definition) is 1. The SMILES string of the molecule is Cc1ccccc1-n1c(C)nc2ccc(N3CCCNC3=O)cc2c1=O. The number of aromatic nitrogens is 2. The van der Waals surface area contributed by atoms with Gasteiger partial charge in [-0.05, 0) is 50.1 Å². The molecule has 0 spiro atoms. The molecule has 4 rings (SSSR count). The van der Waals surface area contributed by atoms with Crippen LogP contribution in [0.15, 0.2) is 47.3 Å². The fourth-order valence-electron chi connectivity index (χ4n) is 3.43. The van der Waals surface area contributed by atoms with Crippen molar-refractivity contribution in [3.05, 3.63) is 64.2 Å². The number of urea groups is 1. The molecule has 1 fully saturated rings. The Kier molecular flexibility index (Phi) is 3.95. The minimum absolute atomic E-state index is 0.124. The number of fused-ring (bicyclic) bond motifs is 1. The van der Waals surface area contributed by atoms with Gasteiger partial charge in [-0.1, -0.05) is 18.2 Å². The third kappa shape index (κ3) is 2.63. The van der Waals surface area contributed by atoms with Crippen LogP contribution in [-0.2, 0) is 0 Å². The monoisotopic (exact) mass is 348 g/mol. The Hall–Kier alpha value is -3.15. The van der Waals surface area contributed by atoms with Crippen molar-refractivity contribution in [2.45, 2.75) is 20.3 Å². The Balaban J connectivity index is 1.92. The van der Waals surface area contributed by atoms with Gasteiger partial charge < -0.3 is 5.32 Å². The average molecular weight is 348 g/mol. The van der Waals surface area contributed by atoms with Gasteiger partial charge in [0.05, 0.1) is 16.6 Å². The second-order valence-electron chi connectivity index (χ2n) is 6.52. The molecule has 132 valence electrons. The van der Waals surface area contributed by atoms with Crippen LogP contribution in [0.25, 0.3) is 16.6 Å². The Morgan fingerprint density at radius 2 is 1.88 bits per heavy atom. The van der Waals surface area contributed by atoms with Crippen LogP contribution in [0.1, 0.15) is 17.8 Å². The Bertz CT molecular complexity index is 1070. The van der Waals surface area contributed by atoms with E-state index < -0.39 is 0 Å². The van der Waals surface area contributed by atoms with Crippen molar-refractivity contribution in [2.24, 2.45) is 0 Å². The Morgan fingerprint density at radius 1 is 1.08 bits per heavy atom. The van der Waals surface area contributed by atoms with E-state index in [-0.39, 0.29) is 11.6 Å². The molecular formula is C20H20N4O2. The van der Waals surface area contributed by atoms with E-state index >= 15 is 0 Å². The summed E-state index contributed by atoms with van der Waals surface area (Å²) < 4.78 is 1.64. The van der Waals surface area contributed by atoms with E-state index in [1.54, 1.807) is 15.5 Å². The highest BCUT2D eigenvalue weighted by atomic mass is 16.2. The summed E-state index contributed by atoms with van der Waals surface area (Å²) in [5.41, 5.74) is 3.06. The van der Waals surface area contributed by atoms with Crippen molar-refractivity contribution in [3.8, 4) is 5.69 Å². The zero-order valence-electron chi connectivity index (χ0n) is 14.8. The summed E-state index contributed by atoms with van der Waals surface area (Å²) in [7, 11) is 0. The van der Waals surface area contributed by atoms with Gasteiger partial charge in [-0.3, -0.25) is 14.3 Å². The molecule has 1 saturated heterocycles. The van der Waals surface area contributed by atoms with Crippen molar-refractivity contribution in [3.63, 3.8) is 0 Å². The largest absolute Gasteiger partial charge is 0.338 e. The molecule has 0 radical (unpaired) electrons. The molecule has 0 unspecified atom stereocenters. The summed E-state index contributed by atoms with van der Waals surface area (Å²) in [4.78, 5) is 31.6. The number of nitrogens with zero attached hydrogens (tertiary/aromatic N) is 3. The van der Waals surface area contributed by atoms with Crippen LogP contribution < -0.4 is 15.8 Å². The maximum atomic E-state index is 13.2. The van der Waals surface area contributed by atoms with Crippen molar-refractivity contribution in [1.82, 2.24) is 14.9 Å². The number of anilines is 1. The molecule has 26 heavy (non-hydrogen) atoms. The van der Waals surface area contributed by atoms with Crippen LogP contribution in [0.3, 0.4) is 0 Å². The Morgan fingerprint density at radius 3 is 2.65 bits per heavy atom. The van der Waals surface area contributed by atoms with Gasteiger partial charge in [0.25, 0.3) is 5.56 Å². The summed E-state index contributed by atoms with van der Waals surface area (Å²) in [5, 5.41) is 3.34. The highest BCUT2D eigenvalue weighted by molar-refractivity contribution is 5.95. The van der Waals surface area contributed by atoms with Crippen LogP contribution in [0.2, 0.25) is 0 Å². The smallest absolute Gasteiger partial charge is 0.321 e. The van der Waals surface area contributed by atoms with E-state index in [0.717, 1.165) is 17.7 Å². The predicted molar refractivity (Wildman–Crippen MR) is 102 cm³/mol. The minimum atomic E-state index is -0.130. The molecule has 1 aromatic heterocycles. The highest BCUT2D eigenvalue weighted by Gasteiger charge is 2.20. The number of carbonyl (C=O) groups excluding carboxylic acids is 1. The fourth-order valence-corrected chi connectivity index (χ4v) is 3.43. The number of aryl methyl sites for hydroxylation is 2. The molecule has 1 aliphatic rings. The zero-order valence-corrected chi connectivity index (χ0v) is 14.8. The summed E-state index contributed by atoms with van der Waals surface area (Å²) in [6.45, 7) is 5.13. The van der Waals surface area contributed by atoms with Crippen molar-refractivity contribution in [1.29, 1.82) is 0 Å². The first-order valence-corrected chi connectivity index (χ1v) is 8.71. The average Bonchev–Trinajstić information content (AvgIpc) is 2.63. The number of nitrogens with one attached hydrogen (secondary N) is 1. The number of hydrogen-bond acceptors (Lipinski definition) is 3. The number of para-hydroxylation sites is 1. The lowest BCUT2D eigenvalue weighted by Crippen LogP contribution is -2.46. The summed E-state index contributed by atoms with van der Waals surface area (Å²) in [5.74, 6) is 0.639. The molecule has 0 atom stereocenters. The molecule has 3 aromatic rings. The van der Waals surface area contributed by atoms with Crippen LogP contribution in [-0.4, -0.2) is 28.7 Å². The van der Waals surface area contributed by atoms with Crippen molar-refractivity contribution in [2.75, 3.05) is 18.0 Å². The first-order chi connectivity index (χ1) is 12.6. The first-order valence-electron chi connectivity index (χ1n) is 8.71. The third-order valence-electron chi connectivity index (χ3n) is 4.77. The summed E-state index contributed by atoms with van der Waals surface area (Å²) >= 11 is 0. The van der Waals surface area contributed by atoms with Crippen LogP contribution in [0.5, 0.6) is 0 Å². The van der Waals surface area contributed by atoms with Gasteiger partial charge in [0, 0.05) is 18.8 Å². The van der Waals surface area contributed by atoms with Gasteiger partial charge in [0.15, 0.2) is 0 Å². The molecule has 1 N–H and O–H groups in total. The van der Waals surface area contributed by atoms with Gasteiger partial charge in [0.2, 0.25) is 0 Å². The molecule has 0 saturated carbocycles. The zero-order chi connectivity index (χ0) is 18.3. The van der Waals surface area contributed by atoms with E-state index in [4.69, 9.17) is 0 Å². The number of benzene rings is 2. The van der Waals surface area contributed by atoms with E-state index in [9.17, 15) is 9.59 Å². The van der Waals surface area contributed by atoms with Crippen LogP contribution in [0.4, 0.5) is 10.5 Å². The molecule has 6 nitrogen and oxygen atoms in total. The molecule has 6 heteroatoms. The summed E-state index contributed by atoms with van der Waals surface area (Å²) in [6.07, 6.45) is 0.878. The Labute approximate surface area is 151 Å². The normalized spacial score (nSPS) is 14.5. The van der Waals surface area contributed by atoms with Gasteiger partial charge in [-0.15, -0.1) is 0 Å². The molecule has 2 heterocycles. The maximum Gasteiger partial charge on any atom is 0.321 e. The predicted octanol–water partition coefficient (Wildman–Crippen LogP) is 2.92. The quantitative estimate of drug-likeness (QED) is 0.774. The minimum Gasteiger partial charge on any atom is -0.338 e. The summed E-state index contributed by atoms with van der Waals surface area (Å²) in [6, 6.07) is 13.0. The maximum absolute atomic E-state index is 13.2. The molecule has 1 aliphatic heterocycles. The lowest BCUT2D eigenvalue weighted by Gasteiger charge is -2.27. The molecule has 2 amide bonds. The van der Waals surface area contributed by atoms with Crippen LogP contribution >= 0.6 is 0 Å². The van der Waals surface area contributed by atoms with Gasteiger partial charge in [0.1, 0.15) is 5.82 Å². The third-order valence-corrected chi connectivity index (χ3v) is 4.77. The molecule has 0 aliphatic carbocycles. The second kappa shape index (κ2) is 6.29. The van der Waals surface area contributed by atoms with Gasteiger partial charge >= 0.3 is 6.03 Å². The molecular weight excluding hydrogens is 328 g/mol. The van der Waals surface area contributed by atoms with Gasteiger partial charge in [-0.25, -0.2) is 9.78 Å². The highest BCUT2D eigenvalue weighted by Crippen LogP contribution is 2.22. The topological polar surface area (TPSA) is 67.2 Å². The van der Waals surface area contributed by atoms with E-state index in [1.165, 1.54) is 0 Å². The van der Waals surface area contributed by atoms with Crippen molar-refractivity contribution < 1.29 is 4.79 Å². The first kappa shape index (κ1) is 16.3. The fraction of sp³-hybridized carbons (Fsp3) is 0.250. The lowest BCUT2D eigenvalue weighted by atomic mass is 10.1. The van der Waals surface area contributed by atoms with Crippen LogP contribution in [0, 0.1) is 13.8 Å². The van der Waals surface area contributed by atoms with Crippen molar-refractivity contribution >= 4 is 22.6 Å². The van der Waals surface area contributed by atoms with Gasteiger partial charge in [-0.2, -0.15) is 0 Å². The molecule has 0 bridgehead atoms. The van der Waals surface area contributed by atoms with E-state index in [1.807, 2.05) is 50.2 Å². The molecule has 2 aromatic carbocycles. The van der Waals surface area contributed by atoms with E-state index in [2.05, 4.69) is 10.3 Å². The number of amides is 2. The number of carbonyl (C=O) groups is 1.